The van der Waals surface area contributed by atoms with E-state index in [4.69, 9.17) is 14.0 Å². The number of urea groups is 1. The number of nitrogens with one attached hydrogen (secondary N) is 1. The van der Waals surface area contributed by atoms with Crippen LogP contribution in [-0.4, -0.2) is 36.9 Å². The highest BCUT2D eigenvalue weighted by molar-refractivity contribution is 5.90. The summed E-state index contributed by atoms with van der Waals surface area (Å²) in [6.07, 6.45) is 2.62. The number of methoxy groups -OCH3 is 2. The van der Waals surface area contributed by atoms with Crippen LogP contribution >= 0.6 is 0 Å². The average molecular weight is 345 g/mol. The van der Waals surface area contributed by atoms with Gasteiger partial charge in [0, 0.05) is 24.4 Å². The fourth-order valence-corrected chi connectivity index (χ4v) is 3.07. The zero-order valence-electron chi connectivity index (χ0n) is 14.7. The molecule has 1 saturated heterocycles. The lowest BCUT2D eigenvalue weighted by molar-refractivity contribution is 0.195. The zero-order chi connectivity index (χ0) is 17.8. The van der Waals surface area contributed by atoms with Crippen molar-refractivity contribution in [3.63, 3.8) is 0 Å². The number of hydrogen-bond acceptors (Lipinski definition) is 5. The van der Waals surface area contributed by atoms with E-state index in [0.717, 1.165) is 30.7 Å². The Kier molecular flexibility index (Phi) is 5.11. The minimum absolute atomic E-state index is 0.0760. The molecule has 1 aliphatic heterocycles. The Bertz CT molecular complexity index is 744. The molecular weight excluding hydrogens is 322 g/mol. The van der Waals surface area contributed by atoms with E-state index in [1.807, 2.05) is 13.0 Å². The normalized spacial score (nSPS) is 16.8. The standard InChI is InChI=1S/C18H23N3O4/c1-4-12-10-16(25-20-12)14-6-5-9-21(14)18(22)19-13-7-8-15(23-2)17(11-13)24-3/h7-8,10-11,14H,4-6,9H2,1-3H3,(H,19,22)/t14-/m1/s1. The zero-order valence-corrected chi connectivity index (χ0v) is 14.7. The minimum atomic E-state index is -0.163. The van der Waals surface area contributed by atoms with Gasteiger partial charge in [0.25, 0.3) is 0 Å². The van der Waals surface area contributed by atoms with Gasteiger partial charge in [-0.2, -0.15) is 0 Å². The third-order valence-electron chi connectivity index (χ3n) is 4.42. The van der Waals surface area contributed by atoms with Crippen LogP contribution in [0.2, 0.25) is 0 Å². The molecule has 1 N–H and O–H groups in total. The fraction of sp³-hybridized carbons (Fsp3) is 0.444. The predicted molar refractivity (Wildman–Crippen MR) is 93.1 cm³/mol. The highest BCUT2D eigenvalue weighted by Crippen LogP contribution is 2.34. The number of likely N-dealkylation sites (tertiary alicyclic amines) is 1. The summed E-state index contributed by atoms with van der Waals surface area (Å²) in [6, 6.07) is 6.99. The molecular formula is C18H23N3O4. The van der Waals surface area contributed by atoms with Gasteiger partial charge < -0.3 is 24.2 Å². The second-order valence-electron chi connectivity index (χ2n) is 5.93. The molecule has 2 heterocycles. The van der Waals surface area contributed by atoms with Crippen LogP contribution < -0.4 is 14.8 Å². The summed E-state index contributed by atoms with van der Waals surface area (Å²) >= 11 is 0. The van der Waals surface area contributed by atoms with Crippen molar-refractivity contribution < 1.29 is 18.8 Å². The number of nitrogens with zero attached hydrogens (tertiary/aromatic N) is 2. The number of carbonyl (C=O) groups is 1. The maximum atomic E-state index is 12.7. The van der Waals surface area contributed by atoms with E-state index >= 15 is 0 Å². The molecule has 1 aliphatic rings. The highest BCUT2D eigenvalue weighted by atomic mass is 16.5. The number of rotatable bonds is 5. The molecule has 7 heteroatoms. The van der Waals surface area contributed by atoms with Gasteiger partial charge in [0.05, 0.1) is 26.0 Å². The van der Waals surface area contributed by atoms with E-state index in [9.17, 15) is 4.79 Å². The van der Waals surface area contributed by atoms with Crippen molar-refractivity contribution in [2.45, 2.75) is 32.2 Å². The van der Waals surface area contributed by atoms with Crippen molar-refractivity contribution >= 4 is 11.7 Å². The second kappa shape index (κ2) is 7.46. The summed E-state index contributed by atoms with van der Waals surface area (Å²) in [7, 11) is 3.14. The van der Waals surface area contributed by atoms with Crippen molar-refractivity contribution in [3.8, 4) is 11.5 Å². The van der Waals surface area contributed by atoms with Crippen LogP contribution in [0.25, 0.3) is 0 Å². The first-order chi connectivity index (χ1) is 12.2. The summed E-state index contributed by atoms with van der Waals surface area (Å²) in [5.74, 6) is 1.94. The first-order valence-corrected chi connectivity index (χ1v) is 8.41. The number of anilines is 1. The van der Waals surface area contributed by atoms with Gasteiger partial charge in [-0.15, -0.1) is 0 Å². The molecule has 2 amide bonds. The number of carbonyl (C=O) groups excluding carboxylic acids is 1. The Hall–Kier alpha value is -2.70. The molecule has 1 aromatic carbocycles. The van der Waals surface area contributed by atoms with Crippen LogP contribution in [0, 0.1) is 0 Å². The number of hydrogen-bond donors (Lipinski definition) is 1. The topological polar surface area (TPSA) is 76.8 Å². The summed E-state index contributed by atoms with van der Waals surface area (Å²) < 4.78 is 15.9. The van der Waals surface area contributed by atoms with E-state index in [2.05, 4.69) is 10.5 Å². The molecule has 0 bridgehead atoms. The van der Waals surface area contributed by atoms with E-state index in [1.54, 1.807) is 37.3 Å². The van der Waals surface area contributed by atoms with Crippen molar-refractivity contribution in [2.75, 3.05) is 26.1 Å². The average Bonchev–Trinajstić information content (AvgIpc) is 3.30. The number of aryl methyl sites for hydroxylation is 1. The summed E-state index contributed by atoms with van der Waals surface area (Å²) in [4.78, 5) is 14.5. The molecule has 1 aromatic heterocycles. The van der Waals surface area contributed by atoms with Crippen molar-refractivity contribution in [1.82, 2.24) is 10.1 Å². The van der Waals surface area contributed by atoms with Gasteiger partial charge in [-0.1, -0.05) is 12.1 Å². The van der Waals surface area contributed by atoms with Gasteiger partial charge in [0.15, 0.2) is 17.3 Å². The predicted octanol–water partition coefficient (Wildman–Crippen LogP) is 3.62. The minimum Gasteiger partial charge on any atom is -0.493 e. The van der Waals surface area contributed by atoms with E-state index in [-0.39, 0.29) is 12.1 Å². The smallest absolute Gasteiger partial charge is 0.322 e. The Morgan fingerprint density at radius 3 is 2.80 bits per heavy atom. The van der Waals surface area contributed by atoms with Gasteiger partial charge in [0.1, 0.15) is 0 Å². The molecule has 25 heavy (non-hydrogen) atoms. The van der Waals surface area contributed by atoms with Gasteiger partial charge in [-0.05, 0) is 31.4 Å². The number of ether oxygens (including phenoxy) is 2. The van der Waals surface area contributed by atoms with Crippen LogP contribution in [0.1, 0.15) is 37.3 Å². The molecule has 134 valence electrons. The molecule has 0 spiro atoms. The van der Waals surface area contributed by atoms with Crippen molar-refractivity contribution in [1.29, 1.82) is 0 Å². The quantitative estimate of drug-likeness (QED) is 0.895. The van der Waals surface area contributed by atoms with Crippen LogP contribution in [-0.2, 0) is 6.42 Å². The SMILES string of the molecule is CCc1cc([C@H]2CCCN2C(=O)Nc2ccc(OC)c(OC)c2)on1. The molecule has 1 fully saturated rings. The van der Waals surface area contributed by atoms with Gasteiger partial charge in [-0.25, -0.2) is 4.79 Å². The van der Waals surface area contributed by atoms with Gasteiger partial charge >= 0.3 is 6.03 Å². The molecule has 0 saturated carbocycles. The van der Waals surface area contributed by atoms with Gasteiger partial charge in [0.2, 0.25) is 0 Å². The molecule has 0 unspecified atom stereocenters. The summed E-state index contributed by atoms with van der Waals surface area (Å²) in [5, 5.41) is 6.95. The summed E-state index contributed by atoms with van der Waals surface area (Å²) in [6.45, 7) is 2.71. The largest absolute Gasteiger partial charge is 0.493 e. The van der Waals surface area contributed by atoms with E-state index in [1.165, 1.54) is 0 Å². The monoisotopic (exact) mass is 345 g/mol. The molecule has 1 atom stereocenters. The maximum absolute atomic E-state index is 12.7. The molecule has 0 radical (unpaired) electrons. The number of aromatic nitrogens is 1. The maximum Gasteiger partial charge on any atom is 0.322 e. The Morgan fingerprint density at radius 1 is 1.32 bits per heavy atom. The first-order valence-electron chi connectivity index (χ1n) is 8.41. The van der Waals surface area contributed by atoms with Crippen molar-refractivity contribution in [2.24, 2.45) is 0 Å². The second-order valence-corrected chi connectivity index (χ2v) is 5.93. The lowest BCUT2D eigenvalue weighted by atomic mass is 10.1. The third-order valence-corrected chi connectivity index (χ3v) is 4.42. The lowest BCUT2D eigenvalue weighted by Gasteiger charge is -2.23. The van der Waals surface area contributed by atoms with Crippen molar-refractivity contribution in [3.05, 3.63) is 35.7 Å². The Labute approximate surface area is 146 Å². The number of benzene rings is 1. The molecule has 2 aromatic rings. The van der Waals surface area contributed by atoms with Crippen LogP contribution in [0.15, 0.2) is 28.8 Å². The van der Waals surface area contributed by atoms with Crippen LogP contribution in [0.5, 0.6) is 11.5 Å². The molecule has 3 rings (SSSR count). The van der Waals surface area contributed by atoms with Gasteiger partial charge in [-0.3, -0.25) is 0 Å². The molecule has 7 nitrogen and oxygen atoms in total. The lowest BCUT2D eigenvalue weighted by Crippen LogP contribution is -2.34. The molecule has 0 aliphatic carbocycles. The fourth-order valence-electron chi connectivity index (χ4n) is 3.07. The number of amides is 2. The first kappa shape index (κ1) is 17.1. The third kappa shape index (κ3) is 3.55. The van der Waals surface area contributed by atoms with Crippen LogP contribution in [0.4, 0.5) is 10.5 Å². The van der Waals surface area contributed by atoms with E-state index < -0.39 is 0 Å². The Balaban J connectivity index is 1.73. The van der Waals surface area contributed by atoms with E-state index in [0.29, 0.717) is 23.7 Å². The van der Waals surface area contributed by atoms with Crippen LogP contribution in [0.3, 0.4) is 0 Å². The summed E-state index contributed by atoms with van der Waals surface area (Å²) in [5.41, 5.74) is 1.56. The highest BCUT2D eigenvalue weighted by Gasteiger charge is 2.33. The Morgan fingerprint density at radius 2 is 2.12 bits per heavy atom.